The molecule has 4 nitrogen and oxygen atoms in total. The maximum atomic E-state index is 12.1. The predicted octanol–water partition coefficient (Wildman–Crippen LogP) is 1.84. The normalized spacial score (nSPS) is 18.5. The van der Waals surface area contributed by atoms with Crippen LogP contribution < -0.4 is 5.32 Å². The fraction of sp³-hybridized carbons (Fsp3) is 0.250. The number of fused-ring (bicyclic) bond motifs is 3. The molecule has 3 heterocycles. The van der Waals surface area contributed by atoms with E-state index >= 15 is 0 Å². The number of rotatable bonds is 1. The Morgan fingerprint density at radius 2 is 2.24 bits per heavy atom. The van der Waals surface area contributed by atoms with Crippen LogP contribution in [0.15, 0.2) is 29.8 Å². The van der Waals surface area contributed by atoms with Crippen LogP contribution in [0.5, 0.6) is 0 Å². The minimum Gasteiger partial charge on any atom is -0.331 e. The summed E-state index contributed by atoms with van der Waals surface area (Å²) in [5.74, 6) is -0.0105. The van der Waals surface area contributed by atoms with Crippen molar-refractivity contribution in [3.8, 4) is 5.00 Å². The molecule has 0 spiro atoms. The van der Waals surface area contributed by atoms with Gasteiger partial charge in [0.25, 0.3) is 5.91 Å². The lowest BCUT2D eigenvalue weighted by Gasteiger charge is -2.24. The predicted molar refractivity (Wildman–Crippen MR) is 67.5 cm³/mol. The quantitative estimate of drug-likeness (QED) is 0.835. The van der Waals surface area contributed by atoms with Crippen LogP contribution in [-0.2, 0) is 0 Å². The largest absolute Gasteiger partial charge is 0.331 e. The monoisotopic (exact) mass is 247 g/mol. The van der Waals surface area contributed by atoms with Gasteiger partial charge in [0.2, 0.25) is 0 Å². The van der Waals surface area contributed by atoms with Crippen LogP contribution in [0.2, 0.25) is 0 Å². The number of thiophene rings is 1. The summed E-state index contributed by atoms with van der Waals surface area (Å²) in [6, 6.07) is 5.92. The van der Waals surface area contributed by atoms with Gasteiger partial charge in [-0.2, -0.15) is 0 Å². The first-order valence-electron chi connectivity index (χ1n) is 5.41. The Morgan fingerprint density at radius 3 is 3.00 bits per heavy atom. The highest BCUT2D eigenvalue weighted by molar-refractivity contribution is 7.13. The smallest absolute Gasteiger partial charge is 0.255 e. The van der Waals surface area contributed by atoms with E-state index in [0.29, 0.717) is 0 Å². The number of nitrogens with one attached hydrogen (secondary N) is 1. The van der Waals surface area contributed by atoms with Crippen LogP contribution in [-0.4, -0.2) is 29.5 Å². The summed E-state index contributed by atoms with van der Waals surface area (Å²) in [5, 5.41) is 5.98. The zero-order valence-corrected chi connectivity index (χ0v) is 10.5. The fourth-order valence-electron chi connectivity index (χ4n) is 2.13. The van der Waals surface area contributed by atoms with Gasteiger partial charge in [0.1, 0.15) is 11.2 Å². The molecule has 1 aliphatic heterocycles. The maximum Gasteiger partial charge on any atom is 0.255 e. The van der Waals surface area contributed by atoms with Gasteiger partial charge in [-0.1, -0.05) is 0 Å². The Labute approximate surface area is 103 Å². The van der Waals surface area contributed by atoms with Crippen molar-refractivity contribution in [2.24, 2.45) is 0 Å². The Bertz CT molecular complexity index is 570. The Morgan fingerprint density at radius 1 is 1.41 bits per heavy atom. The first kappa shape index (κ1) is 10.6. The van der Waals surface area contributed by atoms with E-state index in [2.05, 4.69) is 9.88 Å². The molecule has 0 aliphatic carbocycles. The zero-order chi connectivity index (χ0) is 12.0. The Kier molecular flexibility index (Phi) is 2.31. The van der Waals surface area contributed by atoms with Gasteiger partial charge in [0.15, 0.2) is 0 Å². The Hall–Kier alpha value is -1.59. The molecule has 0 fully saturated rings. The summed E-state index contributed by atoms with van der Waals surface area (Å²) in [6.45, 7) is 0. The van der Waals surface area contributed by atoms with Crippen molar-refractivity contribution in [3.05, 3.63) is 41.0 Å². The number of amides is 1. The molecule has 1 unspecified atom stereocenters. The molecule has 2 aromatic heterocycles. The lowest BCUT2D eigenvalue weighted by atomic mass is 10.3. The van der Waals surface area contributed by atoms with E-state index in [1.807, 2.05) is 48.8 Å². The van der Waals surface area contributed by atoms with Gasteiger partial charge < -0.3 is 9.88 Å². The van der Waals surface area contributed by atoms with Crippen molar-refractivity contribution in [3.63, 3.8) is 0 Å². The van der Waals surface area contributed by atoms with Crippen LogP contribution in [0.25, 0.3) is 5.00 Å². The van der Waals surface area contributed by atoms with Gasteiger partial charge in [0.05, 0.1) is 11.3 Å². The third-order valence-corrected chi connectivity index (χ3v) is 3.86. The molecule has 5 heteroatoms. The van der Waals surface area contributed by atoms with E-state index in [4.69, 9.17) is 0 Å². The molecule has 88 valence electrons. The number of carbonyl (C=O) groups excluding carboxylic acids is 1. The van der Waals surface area contributed by atoms with Gasteiger partial charge in [-0.15, -0.1) is 11.3 Å². The molecule has 3 rings (SSSR count). The third-order valence-electron chi connectivity index (χ3n) is 2.95. The summed E-state index contributed by atoms with van der Waals surface area (Å²) in [5.41, 5.74) is 1.83. The molecule has 1 aliphatic rings. The van der Waals surface area contributed by atoms with Crippen LogP contribution in [0.4, 0.5) is 0 Å². The molecule has 0 aromatic carbocycles. The number of hydrogen-bond donors (Lipinski definition) is 1. The molecule has 0 saturated carbocycles. The van der Waals surface area contributed by atoms with Crippen LogP contribution in [0.3, 0.4) is 0 Å². The average Bonchev–Trinajstić information content (AvgIpc) is 2.91. The highest BCUT2D eigenvalue weighted by atomic mass is 32.1. The second-order valence-corrected chi connectivity index (χ2v) is 5.18. The van der Waals surface area contributed by atoms with Crippen molar-refractivity contribution < 1.29 is 4.79 Å². The van der Waals surface area contributed by atoms with E-state index in [1.54, 1.807) is 11.3 Å². The minimum absolute atomic E-state index is 0.0105. The molecular weight excluding hydrogens is 234 g/mol. The topological polar surface area (TPSA) is 37.3 Å². The van der Waals surface area contributed by atoms with Gasteiger partial charge in [-0.3, -0.25) is 9.69 Å². The second-order valence-electron chi connectivity index (χ2n) is 4.28. The molecule has 17 heavy (non-hydrogen) atoms. The standard InChI is InChI=1S/C12H13N3OS/c1-14(2)10-9-4-3-6-15(9)12-8(5-7-17-12)11(16)13-10/h3-7,10H,1-2H3,(H,13,16). The van der Waals surface area contributed by atoms with Crippen LogP contribution in [0, 0.1) is 0 Å². The van der Waals surface area contributed by atoms with E-state index in [-0.39, 0.29) is 12.1 Å². The van der Waals surface area contributed by atoms with Crippen molar-refractivity contribution in [1.29, 1.82) is 0 Å². The number of nitrogens with zero attached hydrogens (tertiary/aromatic N) is 2. The van der Waals surface area contributed by atoms with Crippen molar-refractivity contribution in [1.82, 2.24) is 14.8 Å². The lowest BCUT2D eigenvalue weighted by molar-refractivity contribution is 0.0892. The minimum atomic E-state index is -0.0860. The van der Waals surface area contributed by atoms with E-state index in [1.165, 1.54) is 0 Å². The van der Waals surface area contributed by atoms with Gasteiger partial charge in [-0.05, 0) is 37.7 Å². The Balaban J connectivity index is 2.22. The number of carbonyl (C=O) groups is 1. The SMILES string of the molecule is CN(C)C1NC(=O)c2ccsc2-n2cccc21. The molecule has 0 bridgehead atoms. The van der Waals surface area contributed by atoms with Gasteiger partial charge in [0, 0.05) is 6.20 Å². The van der Waals surface area contributed by atoms with Crippen LogP contribution >= 0.6 is 11.3 Å². The van der Waals surface area contributed by atoms with E-state index in [0.717, 1.165) is 16.3 Å². The fourth-order valence-corrected chi connectivity index (χ4v) is 3.03. The number of aromatic nitrogens is 1. The van der Waals surface area contributed by atoms with Crippen molar-refractivity contribution in [2.75, 3.05) is 14.1 Å². The average molecular weight is 247 g/mol. The van der Waals surface area contributed by atoms with Crippen molar-refractivity contribution in [2.45, 2.75) is 6.17 Å². The summed E-state index contributed by atoms with van der Waals surface area (Å²) in [7, 11) is 3.92. The molecule has 1 N–H and O–H groups in total. The summed E-state index contributed by atoms with van der Waals surface area (Å²) in [6.07, 6.45) is 1.92. The van der Waals surface area contributed by atoms with Crippen molar-refractivity contribution >= 4 is 17.2 Å². The molecule has 2 aromatic rings. The van der Waals surface area contributed by atoms with Crippen LogP contribution in [0.1, 0.15) is 22.2 Å². The molecule has 0 saturated heterocycles. The number of hydrogen-bond acceptors (Lipinski definition) is 3. The summed E-state index contributed by atoms with van der Waals surface area (Å²) in [4.78, 5) is 14.1. The first-order valence-corrected chi connectivity index (χ1v) is 6.29. The first-order chi connectivity index (χ1) is 8.18. The summed E-state index contributed by atoms with van der Waals surface area (Å²) < 4.78 is 2.09. The summed E-state index contributed by atoms with van der Waals surface area (Å²) >= 11 is 1.59. The second kappa shape index (κ2) is 3.72. The maximum absolute atomic E-state index is 12.1. The zero-order valence-electron chi connectivity index (χ0n) is 9.68. The molecule has 1 amide bonds. The van der Waals surface area contributed by atoms with E-state index < -0.39 is 0 Å². The lowest BCUT2D eigenvalue weighted by Crippen LogP contribution is -2.36. The molecule has 0 radical (unpaired) electrons. The van der Waals surface area contributed by atoms with Gasteiger partial charge >= 0.3 is 0 Å². The molecular formula is C12H13N3OS. The van der Waals surface area contributed by atoms with Gasteiger partial charge in [-0.25, -0.2) is 0 Å². The molecule has 1 atom stereocenters. The highest BCUT2D eigenvalue weighted by Crippen LogP contribution is 2.30. The van der Waals surface area contributed by atoms with E-state index in [9.17, 15) is 4.79 Å². The third kappa shape index (κ3) is 1.50. The highest BCUT2D eigenvalue weighted by Gasteiger charge is 2.27.